The van der Waals surface area contributed by atoms with Gasteiger partial charge in [-0.05, 0) is 35.9 Å². The molecule has 172 valence electrons. The summed E-state index contributed by atoms with van der Waals surface area (Å²) in [5.41, 5.74) is 8.05. The Hall–Kier alpha value is -3.01. The smallest absolute Gasteiger partial charge is 0.242 e. The molecular formula is C23H22ClF2N5O2. The van der Waals surface area contributed by atoms with Crippen molar-refractivity contribution in [2.75, 3.05) is 32.0 Å². The number of imidazole rings is 1. The number of carbonyl (C=O) groups excluding carboxylic acids is 1. The number of morpholine rings is 1. The number of fused-ring (bicyclic) bond motifs is 1. The van der Waals surface area contributed by atoms with Crippen LogP contribution in [-0.2, 0) is 22.6 Å². The molecule has 5 rings (SSSR count). The first-order valence-corrected chi connectivity index (χ1v) is 11.0. The zero-order chi connectivity index (χ0) is 23.1. The second-order valence-electron chi connectivity index (χ2n) is 8.08. The number of anilines is 1. The molecule has 3 heterocycles. The normalized spacial score (nSPS) is 18.3. The van der Waals surface area contributed by atoms with Crippen molar-refractivity contribution >= 4 is 23.3 Å². The molecule has 10 heteroatoms. The summed E-state index contributed by atoms with van der Waals surface area (Å²) in [5, 5.41) is 3.15. The number of hydrogen-bond donors (Lipinski definition) is 2. The Labute approximate surface area is 194 Å². The lowest BCUT2D eigenvalue weighted by molar-refractivity contribution is -0.137. The van der Waals surface area contributed by atoms with E-state index < -0.39 is 11.6 Å². The molecule has 33 heavy (non-hydrogen) atoms. The zero-order valence-corrected chi connectivity index (χ0v) is 18.4. The summed E-state index contributed by atoms with van der Waals surface area (Å²) >= 11 is 5.76. The quantitative estimate of drug-likeness (QED) is 0.610. The molecule has 1 saturated heterocycles. The van der Waals surface area contributed by atoms with Gasteiger partial charge in [-0.25, -0.2) is 13.8 Å². The van der Waals surface area contributed by atoms with Crippen LogP contribution in [-0.4, -0.2) is 52.7 Å². The van der Waals surface area contributed by atoms with Crippen LogP contribution >= 0.6 is 11.6 Å². The fourth-order valence-electron chi connectivity index (χ4n) is 4.26. The van der Waals surface area contributed by atoms with Crippen molar-refractivity contribution < 1.29 is 18.3 Å². The van der Waals surface area contributed by atoms with Crippen molar-refractivity contribution in [2.24, 2.45) is 0 Å². The second kappa shape index (κ2) is 8.74. The van der Waals surface area contributed by atoms with Gasteiger partial charge >= 0.3 is 0 Å². The Kier molecular flexibility index (Phi) is 5.77. The first kappa shape index (κ1) is 21.8. The topological polar surface area (TPSA) is 85.4 Å². The maximum absolute atomic E-state index is 14.6. The highest BCUT2D eigenvalue weighted by molar-refractivity contribution is 6.30. The molecule has 0 saturated carbocycles. The fourth-order valence-corrected chi connectivity index (χ4v) is 4.37. The fraction of sp³-hybridized carbons (Fsp3) is 0.304. The Bertz CT molecular complexity index is 1230. The summed E-state index contributed by atoms with van der Waals surface area (Å²) in [7, 11) is 0. The van der Waals surface area contributed by atoms with E-state index in [4.69, 9.17) is 22.1 Å². The number of rotatable bonds is 3. The average Bonchev–Trinajstić information content (AvgIpc) is 3.17. The Morgan fingerprint density at radius 2 is 1.97 bits per heavy atom. The predicted octanol–water partition coefficient (Wildman–Crippen LogP) is 3.06. The van der Waals surface area contributed by atoms with Gasteiger partial charge in [0.15, 0.2) is 0 Å². The van der Waals surface area contributed by atoms with Gasteiger partial charge in [0.05, 0.1) is 24.8 Å². The number of nitrogens with zero attached hydrogens (tertiary/aromatic N) is 3. The lowest BCUT2D eigenvalue weighted by Gasteiger charge is -2.32. The van der Waals surface area contributed by atoms with Gasteiger partial charge in [0, 0.05) is 30.8 Å². The van der Waals surface area contributed by atoms with E-state index in [1.54, 1.807) is 23.1 Å². The number of hydrogen-bond acceptors (Lipinski definition) is 5. The molecule has 0 bridgehead atoms. The molecule has 0 spiro atoms. The van der Waals surface area contributed by atoms with Gasteiger partial charge in [0.25, 0.3) is 0 Å². The monoisotopic (exact) mass is 473 g/mol. The van der Waals surface area contributed by atoms with E-state index in [0.717, 1.165) is 0 Å². The number of carbonyl (C=O) groups is 1. The summed E-state index contributed by atoms with van der Waals surface area (Å²) in [4.78, 5) is 19.3. The molecule has 1 unspecified atom stereocenters. The molecule has 0 radical (unpaired) electrons. The maximum Gasteiger partial charge on any atom is 0.242 e. The predicted molar refractivity (Wildman–Crippen MR) is 120 cm³/mol. The number of amides is 1. The molecule has 2 aliphatic rings. The van der Waals surface area contributed by atoms with Crippen molar-refractivity contribution in [1.29, 1.82) is 0 Å². The number of aromatic nitrogens is 2. The summed E-state index contributed by atoms with van der Waals surface area (Å²) < 4.78 is 35.8. The molecule has 7 nitrogen and oxygen atoms in total. The van der Waals surface area contributed by atoms with E-state index in [1.807, 2.05) is 4.57 Å². The molecule has 1 amide bonds. The Morgan fingerprint density at radius 1 is 1.15 bits per heavy atom. The SMILES string of the molecule is Nc1c(-c2ccc(F)c(-c3ccc(Cl)c(F)c3)c2)nc2n1CCN(C(=O)C1COCCN1)C2. The van der Waals surface area contributed by atoms with Crippen LogP contribution in [0.5, 0.6) is 0 Å². The Morgan fingerprint density at radius 3 is 2.73 bits per heavy atom. The molecule has 1 atom stereocenters. The van der Waals surface area contributed by atoms with E-state index in [-0.39, 0.29) is 22.5 Å². The van der Waals surface area contributed by atoms with E-state index in [0.29, 0.717) is 67.9 Å². The van der Waals surface area contributed by atoms with Crippen LogP contribution < -0.4 is 11.1 Å². The van der Waals surface area contributed by atoms with Gasteiger partial charge in [0.2, 0.25) is 5.91 Å². The van der Waals surface area contributed by atoms with Crippen molar-refractivity contribution in [1.82, 2.24) is 19.8 Å². The van der Waals surface area contributed by atoms with Crippen LogP contribution in [0, 0.1) is 11.6 Å². The number of ether oxygens (including phenoxy) is 1. The summed E-state index contributed by atoms with van der Waals surface area (Å²) in [6.45, 7) is 2.90. The Balaban J connectivity index is 1.44. The highest BCUT2D eigenvalue weighted by Gasteiger charge is 2.31. The average molecular weight is 474 g/mol. The van der Waals surface area contributed by atoms with Crippen LogP contribution in [0.25, 0.3) is 22.4 Å². The van der Waals surface area contributed by atoms with Gasteiger partial charge in [0.1, 0.15) is 35.0 Å². The van der Waals surface area contributed by atoms with E-state index >= 15 is 0 Å². The third-order valence-electron chi connectivity index (χ3n) is 6.01. The number of nitrogen functional groups attached to an aromatic ring is 1. The molecule has 2 aliphatic heterocycles. The van der Waals surface area contributed by atoms with Gasteiger partial charge in [-0.1, -0.05) is 17.7 Å². The van der Waals surface area contributed by atoms with E-state index in [9.17, 15) is 13.6 Å². The third kappa shape index (κ3) is 4.07. The van der Waals surface area contributed by atoms with Crippen molar-refractivity contribution in [3.05, 3.63) is 58.9 Å². The third-order valence-corrected chi connectivity index (χ3v) is 6.32. The number of nitrogens with two attached hydrogens (primary N) is 1. The van der Waals surface area contributed by atoms with Crippen molar-refractivity contribution in [3.63, 3.8) is 0 Å². The minimum atomic E-state index is -0.626. The van der Waals surface area contributed by atoms with E-state index in [2.05, 4.69) is 10.3 Å². The standard InChI is InChI=1S/C23H22ClF2N5O2/c24-16-3-1-13(10-18(16)26)15-9-14(2-4-17(15)25)21-22(27)31-7-6-30(11-20(31)29-21)23(32)19-12-33-8-5-28-19/h1-4,9-10,19,28H,5-8,11-12,27H2. The molecular weight excluding hydrogens is 452 g/mol. The molecule has 3 aromatic rings. The highest BCUT2D eigenvalue weighted by atomic mass is 35.5. The molecule has 3 N–H and O–H groups in total. The summed E-state index contributed by atoms with van der Waals surface area (Å²) in [6, 6.07) is 8.26. The number of benzene rings is 2. The molecule has 1 aromatic heterocycles. The van der Waals surface area contributed by atoms with Crippen molar-refractivity contribution in [2.45, 2.75) is 19.1 Å². The second-order valence-corrected chi connectivity index (χ2v) is 8.49. The van der Waals surface area contributed by atoms with Crippen LogP contribution in [0.1, 0.15) is 5.82 Å². The lowest BCUT2D eigenvalue weighted by atomic mass is 10.0. The molecule has 2 aromatic carbocycles. The van der Waals surface area contributed by atoms with Crippen LogP contribution in [0.15, 0.2) is 36.4 Å². The first-order valence-electron chi connectivity index (χ1n) is 10.6. The zero-order valence-electron chi connectivity index (χ0n) is 17.7. The summed E-state index contributed by atoms with van der Waals surface area (Å²) in [5.74, 6) is -0.0586. The maximum atomic E-state index is 14.6. The molecule has 1 fully saturated rings. The largest absolute Gasteiger partial charge is 0.383 e. The van der Waals surface area contributed by atoms with Gasteiger partial charge < -0.3 is 25.3 Å². The first-order chi connectivity index (χ1) is 15.9. The van der Waals surface area contributed by atoms with Gasteiger partial charge in [-0.15, -0.1) is 0 Å². The van der Waals surface area contributed by atoms with Crippen molar-refractivity contribution in [3.8, 4) is 22.4 Å². The minimum absolute atomic E-state index is 0.0297. The van der Waals surface area contributed by atoms with Crippen LogP contribution in [0.3, 0.4) is 0 Å². The van der Waals surface area contributed by atoms with E-state index in [1.165, 1.54) is 18.2 Å². The highest BCUT2D eigenvalue weighted by Crippen LogP contribution is 2.34. The number of halogens is 3. The van der Waals surface area contributed by atoms with Gasteiger partial charge in [-0.2, -0.15) is 0 Å². The summed E-state index contributed by atoms with van der Waals surface area (Å²) in [6.07, 6.45) is 0. The lowest BCUT2D eigenvalue weighted by Crippen LogP contribution is -2.53. The minimum Gasteiger partial charge on any atom is -0.383 e. The van der Waals surface area contributed by atoms with Crippen LogP contribution in [0.2, 0.25) is 5.02 Å². The number of nitrogens with one attached hydrogen (secondary N) is 1. The van der Waals surface area contributed by atoms with Crippen LogP contribution in [0.4, 0.5) is 14.6 Å². The molecule has 0 aliphatic carbocycles. The van der Waals surface area contributed by atoms with Gasteiger partial charge in [-0.3, -0.25) is 4.79 Å².